The molecule has 0 saturated heterocycles. The van der Waals surface area contributed by atoms with Gasteiger partial charge in [-0.1, -0.05) is 12.1 Å². The molecule has 0 radical (unpaired) electrons. The standard InChI is InChI=1S/C19H21FN6O3/c1-11-14(12(2)26-19(23-11)21-10-22-26)8-9-17(27)24-25-18(28)13(3)29-16-7-5-4-6-15(16)20/h4-7,10,13H,8-9H2,1-3H3,(H,24,27)(H,25,28). The van der Waals surface area contributed by atoms with E-state index in [1.807, 2.05) is 13.8 Å². The quantitative estimate of drug-likeness (QED) is 0.606. The van der Waals surface area contributed by atoms with Gasteiger partial charge in [0.05, 0.1) is 0 Å². The Morgan fingerprint density at radius 1 is 1.24 bits per heavy atom. The maximum atomic E-state index is 13.6. The number of hydrogen-bond acceptors (Lipinski definition) is 6. The molecule has 2 aromatic heterocycles. The molecule has 0 aliphatic heterocycles. The average molecular weight is 400 g/mol. The number of para-hydroxylation sites is 1. The number of benzene rings is 1. The minimum atomic E-state index is -0.990. The average Bonchev–Trinajstić information content (AvgIpc) is 3.16. The van der Waals surface area contributed by atoms with E-state index < -0.39 is 17.8 Å². The van der Waals surface area contributed by atoms with Crippen molar-refractivity contribution in [3.8, 4) is 5.75 Å². The summed E-state index contributed by atoms with van der Waals surface area (Å²) in [4.78, 5) is 32.6. The van der Waals surface area contributed by atoms with Gasteiger partial charge in [-0.3, -0.25) is 20.4 Å². The second kappa shape index (κ2) is 8.63. The second-order valence-corrected chi connectivity index (χ2v) is 6.46. The lowest BCUT2D eigenvalue weighted by atomic mass is 10.1. The molecule has 2 heterocycles. The van der Waals surface area contributed by atoms with Crippen molar-refractivity contribution in [2.75, 3.05) is 0 Å². The molecule has 9 nitrogen and oxygen atoms in total. The van der Waals surface area contributed by atoms with E-state index in [2.05, 4.69) is 25.9 Å². The lowest BCUT2D eigenvalue weighted by Gasteiger charge is -2.15. The lowest BCUT2D eigenvalue weighted by Crippen LogP contribution is -2.47. The highest BCUT2D eigenvalue weighted by atomic mass is 19.1. The van der Waals surface area contributed by atoms with Crippen LogP contribution >= 0.6 is 0 Å². The van der Waals surface area contributed by atoms with Crippen LogP contribution < -0.4 is 15.6 Å². The molecule has 2 N–H and O–H groups in total. The van der Waals surface area contributed by atoms with E-state index in [9.17, 15) is 14.0 Å². The highest BCUT2D eigenvalue weighted by Gasteiger charge is 2.17. The first-order valence-electron chi connectivity index (χ1n) is 9.02. The van der Waals surface area contributed by atoms with Crippen LogP contribution in [0.1, 0.15) is 30.3 Å². The fourth-order valence-corrected chi connectivity index (χ4v) is 2.84. The number of hydrogen-bond donors (Lipinski definition) is 2. The normalized spacial score (nSPS) is 11.9. The third-order valence-corrected chi connectivity index (χ3v) is 4.43. The van der Waals surface area contributed by atoms with Crippen LogP contribution in [0.2, 0.25) is 0 Å². The van der Waals surface area contributed by atoms with Gasteiger partial charge in [-0.05, 0) is 44.9 Å². The summed E-state index contributed by atoms with van der Waals surface area (Å²) in [7, 11) is 0. The van der Waals surface area contributed by atoms with Crippen molar-refractivity contribution in [1.82, 2.24) is 30.4 Å². The fraction of sp³-hybridized carbons (Fsp3) is 0.316. The summed E-state index contributed by atoms with van der Waals surface area (Å²) < 4.78 is 20.5. The van der Waals surface area contributed by atoms with Crippen LogP contribution in [0, 0.1) is 19.7 Å². The minimum absolute atomic E-state index is 0.0385. The van der Waals surface area contributed by atoms with Crippen LogP contribution in [-0.2, 0) is 16.0 Å². The van der Waals surface area contributed by atoms with Gasteiger partial charge in [0.15, 0.2) is 17.7 Å². The van der Waals surface area contributed by atoms with E-state index >= 15 is 0 Å². The number of hydrazine groups is 1. The summed E-state index contributed by atoms with van der Waals surface area (Å²) in [6.45, 7) is 5.19. The van der Waals surface area contributed by atoms with Crippen molar-refractivity contribution < 1.29 is 18.7 Å². The molecule has 0 aliphatic rings. The van der Waals surface area contributed by atoms with Gasteiger partial charge in [0.1, 0.15) is 6.33 Å². The van der Waals surface area contributed by atoms with Gasteiger partial charge in [-0.25, -0.2) is 13.9 Å². The van der Waals surface area contributed by atoms with Gasteiger partial charge in [0.2, 0.25) is 5.91 Å². The van der Waals surface area contributed by atoms with Crippen LogP contribution in [0.3, 0.4) is 0 Å². The van der Waals surface area contributed by atoms with Gasteiger partial charge < -0.3 is 4.74 Å². The minimum Gasteiger partial charge on any atom is -0.478 e. The maximum Gasteiger partial charge on any atom is 0.279 e. The Hall–Kier alpha value is -3.56. The zero-order chi connectivity index (χ0) is 21.0. The lowest BCUT2D eigenvalue weighted by molar-refractivity contribution is -0.132. The number of nitrogens with zero attached hydrogens (tertiary/aromatic N) is 4. The summed E-state index contributed by atoms with van der Waals surface area (Å²) in [5.74, 6) is -1.08. The Balaban J connectivity index is 1.51. The van der Waals surface area contributed by atoms with E-state index in [0.717, 1.165) is 17.0 Å². The molecular weight excluding hydrogens is 379 g/mol. The third kappa shape index (κ3) is 4.65. The second-order valence-electron chi connectivity index (χ2n) is 6.46. The molecule has 2 amide bonds. The Morgan fingerprint density at radius 2 is 2.00 bits per heavy atom. The predicted molar refractivity (Wildman–Crippen MR) is 101 cm³/mol. The number of carbonyl (C=O) groups is 2. The van der Waals surface area contributed by atoms with Crippen molar-refractivity contribution >= 4 is 17.6 Å². The van der Waals surface area contributed by atoms with Gasteiger partial charge in [0.25, 0.3) is 11.7 Å². The molecular formula is C19H21FN6O3. The van der Waals surface area contributed by atoms with Crippen molar-refractivity contribution in [3.05, 3.63) is 53.4 Å². The van der Waals surface area contributed by atoms with Gasteiger partial charge >= 0.3 is 0 Å². The summed E-state index contributed by atoms with van der Waals surface area (Å²) in [5, 5.41) is 4.11. The first kappa shape index (κ1) is 20.2. The molecule has 0 spiro atoms. The Bertz CT molecular complexity index is 1050. The highest BCUT2D eigenvalue weighted by Crippen LogP contribution is 2.17. The number of amides is 2. The molecule has 152 valence electrons. The Kier molecular flexibility index (Phi) is 6.01. The summed E-state index contributed by atoms with van der Waals surface area (Å²) >= 11 is 0. The number of nitrogens with one attached hydrogen (secondary N) is 2. The SMILES string of the molecule is Cc1nc2ncnn2c(C)c1CCC(=O)NNC(=O)C(C)Oc1ccccc1F. The monoisotopic (exact) mass is 400 g/mol. The van der Waals surface area contributed by atoms with E-state index in [-0.39, 0.29) is 18.1 Å². The molecule has 29 heavy (non-hydrogen) atoms. The largest absolute Gasteiger partial charge is 0.478 e. The molecule has 0 aliphatic carbocycles. The van der Waals surface area contributed by atoms with E-state index in [1.54, 1.807) is 10.6 Å². The van der Waals surface area contributed by atoms with Crippen molar-refractivity contribution in [2.24, 2.45) is 0 Å². The highest BCUT2D eigenvalue weighted by molar-refractivity contribution is 5.84. The Morgan fingerprint density at radius 3 is 2.76 bits per heavy atom. The van der Waals surface area contributed by atoms with Gasteiger partial charge in [0, 0.05) is 17.8 Å². The number of fused-ring (bicyclic) bond motifs is 1. The molecule has 0 saturated carbocycles. The molecule has 10 heteroatoms. The van der Waals surface area contributed by atoms with E-state index in [0.29, 0.717) is 12.2 Å². The first-order valence-corrected chi connectivity index (χ1v) is 9.02. The molecule has 1 atom stereocenters. The topological polar surface area (TPSA) is 111 Å². The predicted octanol–water partition coefficient (Wildman–Crippen LogP) is 1.43. The zero-order valence-electron chi connectivity index (χ0n) is 16.3. The number of rotatable bonds is 6. The number of halogens is 1. The number of carbonyl (C=O) groups excluding carboxylic acids is 2. The van der Waals surface area contributed by atoms with Crippen LogP contribution in [-0.4, -0.2) is 37.5 Å². The van der Waals surface area contributed by atoms with E-state index in [1.165, 1.54) is 31.5 Å². The third-order valence-electron chi connectivity index (χ3n) is 4.43. The van der Waals surface area contributed by atoms with Crippen molar-refractivity contribution in [2.45, 2.75) is 39.7 Å². The first-order chi connectivity index (χ1) is 13.9. The smallest absolute Gasteiger partial charge is 0.279 e. The summed E-state index contributed by atoms with van der Waals surface area (Å²) in [6.07, 6.45) is 0.983. The zero-order valence-corrected chi connectivity index (χ0v) is 16.3. The Labute approximate surface area is 166 Å². The molecule has 3 aromatic rings. The number of ether oxygens (including phenoxy) is 1. The van der Waals surface area contributed by atoms with Crippen LogP contribution in [0.25, 0.3) is 5.78 Å². The summed E-state index contributed by atoms with van der Waals surface area (Å²) in [5.41, 5.74) is 7.14. The number of aryl methyl sites for hydroxylation is 2. The molecule has 0 fully saturated rings. The fourth-order valence-electron chi connectivity index (χ4n) is 2.84. The van der Waals surface area contributed by atoms with Gasteiger partial charge in [-0.2, -0.15) is 10.1 Å². The van der Waals surface area contributed by atoms with Crippen molar-refractivity contribution in [1.29, 1.82) is 0 Å². The molecule has 1 unspecified atom stereocenters. The summed E-state index contributed by atoms with van der Waals surface area (Å²) in [6, 6.07) is 5.77. The van der Waals surface area contributed by atoms with E-state index in [4.69, 9.17) is 4.74 Å². The molecule has 0 bridgehead atoms. The van der Waals surface area contributed by atoms with Crippen molar-refractivity contribution in [3.63, 3.8) is 0 Å². The van der Waals surface area contributed by atoms with Crippen LogP contribution in [0.4, 0.5) is 4.39 Å². The maximum absolute atomic E-state index is 13.6. The number of aromatic nitrogens is 4. The molecule has 1 aromatic carbocycles. The van der Waals surface area contributed by atoms with Crippen LogP contribution in [0.15, 0.2) is 30.6 Å². The molecule has 3 rings (SSSR count). The van der Waals surface area contributed by atoms with Crippen LogP contribution in [0.5, 0.6) is 5.75 Å². The van der Waals surface area contributed by atoms with Gasteiger partial charge in [-0.15, -0.1) is 0 Å².